The highest BCUT2D eigenvalue weighted by Crippen LogP contribution is 2.37. The average Bonchev–Trinajstić information content (AvgIpc) is 3.60. The molecule has 0 bridgehead atoms. The number of urea groups is 1. The molecule has 1 saturated heterocycles. The highest BCUT2D eigenvalue weighted by atomic mass is 32.1. The number of thiazole rings is 1. The summed E-state index contributed by atoms with van der Waals surface area (Å²) in [6, 6.07) is 3.66. The number of aryl methyl sites for hydroxylation is 1. The van der Waals surface area contributed by atoms with Crippen LogP contribution in [0.25, 0.3) is 0 Å². The molecule has 2 fully saturated rings. The molecule has 2 aromatic rings. The quantitative estimate of drug-likeness (QED) is 0.384. The maximum absolute atomic E-state index is 13.4. The lowest BCUT2D eigenvalue weighted by Crippen LogP contribution is -2.59. The van der Waals surface area contributed by atoms with Crippen molar-refractivity contribution >= 4 is 47.2 Å². The minimum absolute atomic E-state index is 0.0400. The topological polar surface area (TPSA) is 155 Å². The number of nitrogens with zero attached hydrogens (tertiary/aromatic N) is 3. The summed E-state index contributed by atoms with van der Waals surface area (Å²) in [6.07, 6.45) is 2.01. The highest BCUT2D eigenvalue weighted by Gasteiger charge is 2.44. The second-order valence-corrected chi connectivity index (χ2v) is 10.3. The van der Waals surface area contributed by atoms with Gasteiger partial charge < -0.3 is 25.6 Å². The largest absolute Gasteiger partial charge is 0.536 e. The Morgan fingerprint density at radius 1 is 1.31 bits per heavy atom. The number of hydrogen-bond acceptors (Lipinski definition) is 9. The van der Waals surface area contributed by atoms with Crippen molar-refractivity contribution in [1.82, 2.24) is 20.1 Å². The van der Waals surface area contributed by atoms with E-state index >= 15 is 0 Å². The first kappa shape index (κ1) is 24.3. The second kappa shape index (κ2) is 9.55. The molecule has 1 saturated carbocycles. The number of nitrogen functional groups attached to an aromatic ring is 1. The number of ketones is 1. The number of carbonyl (C=O) groups is 4. The number of hydrogen-bond donors (Lipinski definition) is 3. The first-order valence-electron chi connectivity index (χ1n) is 11.8. The lowest BCUT2D eigenvalue weighted by Gasteiger charge is -2.33. The van der Waals surface area contributed by atoms with Crippen LogP contribution in [0, 0.1) is 6.92 Å². The number of nitrogens with two attached hydrogens (primary N) is 1. The number of piperazine rings is 1. The minimum atomic E-state index is -1.21. The fourth-order valence-corrected chi connectivity index (χ4v) is 5.31. The molecule has 1 aromatic heterocycles. The molecule has 0 spiro atoms. The Morgan fingerprint density at radius 3 is 2.78 bits per heavy atom. The Labute approximate surface area is 211 Å². The van der Waals surface area contributed by atoms with Crippen LogP contribution in [0.4, 0.5) is 9.93 Å². The number of Topliss-reactive ketones (excluding diaryl/α,β-unsaturated/α-hetero) is 1. The molecule has 1 aromatic carbocycles. The number of fused-ring (bicyclic) bond motifs is 1. The van der Waals surface area contributed by atoms with E-state index in [0.717, 1.165) is 40.2 Å². The zero-order valence-corrected chi connectivity index (χ0v) is 20.5. The number of rotatable bonds is 6. The van der Waals surface area contributed by atoms with Crippen molar-refractivity contribution in [3.63, 3.8) is 0 Å². The molecule has 36 heavy (non-hydrogen) atoms. The van der Waals surface area contributed by atoms with Gasteiger partial charge in [-0.2, -0.15) is 0 Å². The van der Waals surface area contributed by atoms with E-state index < -0.39 is 42.6 Å². The number of carbonyl (C=O) groups excluding carboxylic acids is 4. The summed E-state index contributed by atoms with van der Waals surface area (Å²) in [5.74, 6) is -1.99. The molecule has 1 unspecified atom stereocenters. The monoisotopic (exact) mass is 511 g/mol. The van der Waals surface area contributed by atoms with Crippen LogP contribution >= 0.6 is 11.3 Å². The molecule has 11 nitrogen and oxygen atoms in total. The molecule has 0 radical (unpaired) electrons. The molecular weight excluding hydrogens is 485 g/mol. The van der Waals surface area contributed by atoms with Gasteiger partial charge in [0.2, 0.25) is 0 Å². The van der Waals surface area contributed by atoms with Crippen LogP contribution in [0.3, 0.4) is 0 Å². The van der Waals surface area contributed by atoms with E-state index in [1.807, 2.05) is 25.1 Å². The molecule has 2 atom stereocenters. The summed E-state index contributed by atoms with van der Waals surface area (Å²) in [4.78, 5) is 58.0. The van der Waals surface area contributed by atoms with Crippen molar-refractivity contribution in [2.75, 3.05) is 18.8 Å². The molecule has 3 aliphatic rings. The van der Waals surface area contributed by atoms with Crippen molar-refractivity contribution in [3.8, 4) is 5.75 Å². The molecule has 5 rings (SSSR count). The number of anilines is 1. The van der Waals surface area contributed by atoms with Crippen molar-refractivity contribution in [3.05, 3.63) is 40.4 Å². The highest BCUT2D eigenvalue weighted by molar-refractivity contribution is 7.13. The van der Waals surface area contributed by atoms with Gasteiger partial charge in [-0.1, -0.05) is 18.2 Å². The number of amides is 4. The Morgan fingerprint density at radius 2 is 2.08 bits per heavy atom. The van der Waals surface area contributed by atoms with E-state index in [2.05, 4.69) is 10.3 Å². The van der Waals surface area contributed by atoms with E-state index in [0.29, 0.717) is 12.2 Å². The number of aromatic nitrogens is 1. The fraction of sp³-hybridized carbons (Fsp3) is 0.435. The van der Waals surface area contributed by atoms with Crippen LogP contribution in [-0.2, 0) is 20.8 Å². The van der Waals surface area contributed by atoms with Gasteiger partial charge in [-0.3, -0.25) is 19.3 Å². The molecular formula is C23H26BN5O6S. The summed E-state index contributed by atoms with van der Waals surface area (Å²) >= 11 is 1.11. The van der Waals surface area contributed by atoms with Crippen molar-refractivity contribution < 1.29 is 28.9 Å². The van der Waals surface area contributed by atoms with Crippen LogP contribution in [0.15, 0.2) is 23.6 Å². The number of nitrogens with one attached hydrogen (secondary N) is 1. The first-order chi connectivity index (χ1) is 17.2. The third kappa shape index (κ3) is 4.68. The number of para-hydroxylation sites is 1. The lowest BCUT2D eigenvalue weighted by molar-refractivity contribution is -0.154. The normalized spacial score (nSPS) is 20.6. The van der Waals surface area contributed by atoms with Gasteiger partial charge in [0.05, 0.1) is 5.69 Å². The van der Waals surface area contributed by atoms with Crippen LogP contribution in [0.2, 0.25) is 5.82 Å². The van der Waals surface area contributed by atoms with E-state index in [-0.39, 0.29) is 36.4 Å². The van der Waals surface area contributed by atoms with Crippen molar-refractivity contribution in [2.24, 2.45) is 0 Å². The van der Waals surface area contributed by atoms with Crippen LogP contribution in [0.5, 0.6) is 5.75 Å². The summed E-state index contributed by atoms with van der Waals surface area (Å²) in [5, 5.41) is 14.9. The van der Waals surface area contributed by atoms with Crippen LogP contribution < -0.4 is 15.7 Å². The Hall–Kier alpha value is -3.45. The van der Waals surface area contributed by atoms with Gasteiger partial charge in [0.25, 0.3) is 0 Å². The van der Waals surface area contributed by atoms with Gasteiger partial charge in [0.1, 0.15) is 11.8 Å². The van der Waals surface area contributed by atoms with Crippen LogP contribution in [0.1, 0.15) is 42.1 Å². The van der Waals surface area contributed by atoms with Crippen molar-refractivity contribution in [1.29, 1.82) is 0 Å². The standard InChI is InChI=1S/C23H26BN5O6S/c1-12-3-2-4-13-9-14(24(34)35-19(12)13)10-17(30)18(16-11-36-22(25)26-16)27-23(33)29-8-7-28(15-5-6-15)20(31)21(29)32/h2-4,11,14-15,18,34H,5-10H2,1H3,(H2,25,26)(H,27,33)/t14-,18?/m1/s1. The average molecular weight is 511 g/mol. The number of imide groups is 1. The molecule has 4 N–H and O–H groups in total. The Kier molecular flexibility index (Phi) is 6.43. The Bertz CT molecular complexity index is 1230. The third-order valence-electron chi connectivity index (χ3n) is 6.79. The predicted molar refractivity (Wildman–Crippen MR) is 131 cm³/mol. The van der Waals surface area contributed by atoms with Gasteiger partial charge in [0, 0.05) is 36.7 Å². The third-order valence-corrected chi connectivity index (χ3v) is 7.48. The first-order valence-corrected chi connectivity index (χ1v) is 12.7. The van der Waals surface area contributed by atoms with Gasteiger partial charge in [-0.05, 0) is 37.3 Å². The van der Waals surface area contributed by atoms with Gasteiger partial charge in [-0.25, -0.2) is 9.78 Å². The maximum Gasteiger partial charge on any atom is 0.526 e. The summed E-state index contributed by atoms with van der Waals surface area (Å²) in [7, 11) is -1.20. The van der Waals surface area contributed by atoms with Crippen LogP contribution in [-0.4, -0.2) is 69.7 Å². The summed E-state index contributed by atoms with van der Waals surface area (Å²) in [6.45, 7) is 2.18. The molecule has 13 heteroatoms. The Balaban J connectivity index is 1.31. The van der Waals surface area contributed by atoms with E-state index in [1.54, 1.807) is 5.38 Å². The number of benzene rings is 1. The van der Waals surface area contributed by atoms with Gasteiger partial charge >= 0.3 is 25.0 Å². The smallest absolute Gasteiger partial charge is 0.526 e. The molecule has 3 heterocycles. The van der Waals surface area contributed by atoms with E-state index in [4.69, 9.17) is 10.4 Å². The van der Waals surface area contributed by atoms with E-state index in [9.17, 15) is 24.2 Å². The fourth-order valence-electron chi connectivity index (χ4n) is 4.72. The van der Waals surface area contributed by atoms with Gasteiger partial charge in [0.15, 0.2) is 10.9 Å². The zero-order chi connectivity index (χ0) is 25.6. The molecule has 4 amide bonds. The van der Waals surface area contributed by atoms with E-state index in [1.165, 1.54) is 4.90 Å². The molecule has 1 aliphatic carbocycles. The SMILES string of the molecule is Cc1cccc2c1OB(O)[C@@H](CC(=O)C(NC(=O)N1CCN(C3CC3)C(=O)C1=O)c1csc(N)n1)C2. The summed E-state index contributed by atoms with van der Waals surface area (Å²) < 4.78 is 5.69. The van der Waals surface area contributed by atoms with Gasteiger partial charge in [-0.15, -0.1) is 11.3 Å². The molecule has 2 aliphatic heterocycles. The maximum atomic E-state index is 13.4. The summed E-state index contributed by atoms with van der Waals surface area (Å²) in [5.41, 5.74) is 7.77. The second-order valence-electron chi connectivity index (χ2n) is 9.39. The lowest BCUT2D eigenvalue weighted by atomic mass is 9.64. The zero-order valence-electron chi connectivity index (χ0n) is 19.7. The molecule has 188 valence electrons. The van der Waals surface area contributed by atoms with Crippen molar-refractivity contribution in [2.45, 2.75) is 50.5 Å². The minimum Gasteiger partial charge on any atom is -0.536 e. The predicted octanol–water partition coefficient (Wildman–Crippen LogP) is 1.06.